The highest BCUT2D eigenvalue weighted by atomic mass is 16.6. The number of nitrogens with zero attached hydrogens (tertiary/aromatic N) is 3. The van der Waals surface area contributed by atoms with Crippen LogP contribution in [0.15, 0.2) is 6.33 Å². The molecular weight excluding hydrogens is 210 g/mol. The van der Waals surface area contributed by atoms with Crippen LogP contribution >= 0.6 is 0 Å². The number of hydrogen-bond donors (Lipinski definition) is 2. The molecule has 0 saturated carbocycles. The van der Waals surface area contributed by atoms with E-state index in [9.17, 15) is 10.1 Å². The molecule has 0 aliphatic carbocycles. The molecular formula is C9H15N5O2. The molecule has 0 spiro atoms. The third-order valence-electron chi connectivity index (χ3n) is 1.92. The SMILES string of the molecule is CNc1ncnc(NCC(C)C)c1[N+](=O)[O-]. The molecule has 1 rings (SSSR count). The summed E-state index contributed by atoms with van der Waals surface area (Å²) in [5.41, 5.74) is -0.120. The number of nitro groups is 1. The molecule has 1 aromatic heterocycles. The van der Waals surface area contributed by atoms with Crippen molar-refractivity contribution in [1.29, 1.82) is 0 Å². The van der Waals surface area contributed by atoms with Crippen LogP contribution in [0.3, 0.4) is 0 Å². The first-order chi connectivity index (χ1) is 7.56. The highest BCUT2D eigenvalue weighted by Gasteiger charge is 2.21. The van der Waals surface area contributed by atoms with Gasteiger partial charge in [0.05, 0.1) is 4.92 Å². The number of aromatic nitrogens is 2. The Morgan fingerprint density at radius 2 is 2.06 bits per heavy atom. The fraction of sp³-hybridized carbons (Fsp3) is 0.556. The molecule has 0 amide bonds. The van der Waals surface area contributed by atoms with Gasteiger partial charge in [0.15, 0.2) is 0 Å². The lowest BCUT2D eigenvalue weighted by Crippen LogP contribution is -2.12. The minimum Gasteiger partial charge on any atom is -0.367 e. The number of hydrogen-bond acceptors (Lipinski definition) is 6. The molecule has 16 heavy (non-hydrogen) atoms. The summed E-state index contributed by atoms with van der Waals surface area (Å²) in [6, 6.07) is 0. The fourth-order valence-electron chi connectivity index (χ4n) is 1.16. The monoisotopic (exact) mass is 225 g/mol. The summed E-state index contributed by atoms with van der Waals surface area (Å²) in [6.07, 6.45) is 1.29. The van der Waals surface area contributed by atoms with Crippen LogP contribution < -0.4 is 10.6 Å². The summed E-state index contributed by atoms with van der Waals surface area (Å²) >= 11 is 0. The largest absolute Gasteiger partial charge is 0.367 e. The molecule has 0 saturated heterocycles. The van der Waals surface area contributed by atoms with Crippen molar-refractivity contribution < 1.29 is 4.92 Å². The van der Waals surface area contributed by atoms with Gasteiger partial charge in [0.2, 0.25) is 11.6 Å². The van der Waals surface area contributed by atoms with E-state index in [-0.39, 0.29) is 17.3 Å². The standard InChI is InChI=1S/C9H15N5O2/c1-6(2)4-11-9-7(14(15)16)8(10-3)12-5-13-9/h5-6H,4H2,1-3H3,(H2,10,11,12,13). The van der Waals surface area contributed by atoms with E-state index in [4.69, 9.17) is 0 Å². The molecule has 7 nitrogen and oxygen atoms in total. The highest BCUT2D eigenvalue weighted by molar-refractivity contribution is 5.68. The second kappa shape index (κ2) is 5.24. The molecule has 0 bridgehead atoms. The van der Waals surface area contributed by atoms with Gasteiger partial charge in [-0.25, -0.2) is 9.97 Å². The Morgan fingerprint density at radius 3 is 2.56 bits per heavy atom. The molecule has 1 heterocycles. The molecule has 0 aliphatic heterocycles. The molecule has 0 atom stereocenters. The highest BCUT2D eigenvalue weighted by Crippen LogP contribution is 2.28. The first kappa shape index (κ1) is 12.2. The van der Waals surface area contributed by atoms with Gasteiger partial charge in [0.1, 0.15) is 6.33 Å². The van der Waals surface area contributed by atoms with E-state index in [2.05, 4.69) is 20.6 Å². The van der Waals surface area contributed by atoms with E-state index in [1.54, 1.807) is 7.05 Å². The van der Waals surface area contributed by atoms with Crippen LogP contribution in [0.25, 0.3) is 0 Å². The molecule has 0 aromatic carbocycles. The van der Waals surface area contributed by atoms with Crippen molar-refractivity contribution in [2.24, 2.45) is 5.92 Å². The molecule has 0 unspecified atom stereocenters. The Hall–Kier alpha value is -1.92. The molecule has 0 radical (unpaired) electrons. The topological polar surface area (TPSA) is 93.0 Å². The number of rotatable bonds is 5. The van der Waals surface area contributed by atoms with Crippen molar-refractivity contribution in [1.82, 2.24) is 9.97 Å². The summed E-state index contributed by atoms with van der Waals surface area (Å²) in [4.78, 5) is 18.1. The van der Waals surface area contributed by atoms with Crippen LogP contribution in [0.5, 0.6) is 0 Å². The van der Waals surface area contributed by atoms with Gasteiger partial charge < -0.3 is 10.6 Å². The Labute approximate surface area is 93.4 Å². The third kappa shape index (κ3) is 2.78. The Morgan fingerprint density at radius 1 is 1.44 bits per heavy atom. The Bertz CT molecular complexity index is 380. The lowest BCUT2D eigenvalue weighted by Gasteiger charge is -2.09. The van der Waals surface area contributed by atoms with Crippen LogP contribution in [0.2, 0.25) is 0 Å². The summed E-state index contributed by atoms with van der Waals surface area (Å²) in [5.74, 6) is 0.844. The Balaban J connectivity index is 3.02. The maximum Gasteiger partial charge on any atom is 0.353 e. The molecule has 2 N–H and O–H groups in total. The van der Waals surface area contributed by atoms with Crippen molar-refractivity contribution in [3.8, 4) is 0 Å². The zero-order valence-electron chi connectivity index (χ0n) is 9.52. The van der Waals surface area contributed by atoms with Gasteiger partial charge in [-0.3, -0.25) is 10.1 Å². The molecule has 7 heteroatoms. The second-order valence-corrected chi connectivity index (χ2v) is 3.70. The van der Waals surface area contributed by atoms with Crippen molar-refractivity contribution in [2.45, 2.75) is 13.8 Å². The van der Waals surface area contributed by atoms with Gasteiger partial charge >= 0.3 is 5.69 Å². The quantitative estimate of drug-likeness (QED) is 0.582. The van der Waals surface area contributed by atoms with Gasteiger partial charge in [0.25, 0.3) is 0 Å². The van der Waals surface area contributed by atoms with E-state index in [0.717, 1.165) is 0 Å². The zero-order valence-corrected chi connectivity index (χ0v) is 9.52. The van der Waals surface area contributed by atoms with Gasteiger partial charge in [0, 0.05) is 13.6 Å². The predicted octanol–water partition coefficient (Wildman–Crippen LogP) is 1.49. The third-order valence-corrected chi connectivity index (χ3v) is 1.92. The van der Waals surface area contributed by atoms with Crippen molar-refractivity contribution in [3.63, 3.8) is 0 Å². The van der Waals surface area contributed by atoms with Gasteiger partial charge in [-0.1, -0.05) is 13.8 Å². The van der Waals surface area contributed by atoms with Crippen LogP contribution in [0, 0.1) is 16.0 Å². The van der Waals surface area contributed by atoms with Gasteiger partial charge in [-0.2, -0.15) is 0 Å². The average Bonchev–Trinajstić information content (AvgIpc) is 2.25. The summed E-state index contributed by atoms with van der Waals surface area (Å²) in [6.45, 7) is 4.65. The minimum atomic E-state index is -0.492. The molecule has 0 fully saturated rings. The lowest BCUT2D eigenvalue weighted by atomic mass is 10.2. The first-order valence-electron chi connectivity index (χ1n) is 4.97. The van der Waals surface area contributed by atoms with Gasteiger partial charge in [-0.05, 0) is 5.92 Å². The second-order valence-electron chi connectivity index (χ2n) is 3.70. The molecule has 0 aliphatic rings. The van der Waals surface area contributed by atoms with Crippen LogP contribution in [-0.4, -0.2) is 28.5 Å². The molecule has 88 valence electrons. The maximum absolute atomic E-state index is 10.9. The zero-order chi connectivity index (χ0) is 12.1. The van der Waals surface area contributed by atoms with Crippen LogP contribution in [0.4, 0.5) is 17.3 Å². The van der Waals surface area contributed by atoms with E-state index in [1.165, 1.54) is 6.33 Å². The predicted molar refractivity (Wildman–Crippen MR) is 61.6 cm³/mol. The maximum atomic E-state index is 10.9. The smallest absolute Gasteiger partial charge is 0.353 e. The number of anilines is 2. The van der Waals surface area contributed by atoms with E-state index in [0.29, 0.717) is 12.5 Å². The lowest BCUT2D eigenvalue weighted by molar-refractivity contribution is -0.383. The normalized spacial score (nSPS) is 10.2. The van der Waals surface area contributed by atoms with E-state index < -0.39 is 4.92 Å². The Kier molecular flexibility index (Phi) is 3.98. The number of nitrogens with one attached hydrogen (secondary N) is 2. The van der Waals surface area contributed by atoms with Crippen molar-refractivity contribution in [2.75, 3.05) is 24.2 Å². The minimum absolute atomic E-state index is 0.120. The van der Waals surface area contributed by atoms with Crippen LogP contribution in [0.1, 0.15) is 13.8 Å². The summed E-state index contributed by atoms with van der Waals surface area (Å²) in [7, 11) is 1.58. The van der Waals surface area contributed by atoms with Crippen LogP contribution in [-0.2, 0) is 0 Å². The van der Waals surface area contributed by atoms with E-state index >= 15 is 0 Å². The van der Waals surface area contributed by atoms with E-state index in [1.807, 2.05) is 13.8 Å². The fourth-order valence-corrected chi connectivity index (χ4v) is 1.16. The van der Waals surface area contributed by atoms with Crippen molar-refractivity contribution in [3.05, 3.63) is 16.4 Å². The summed E-state index contributed by atoms with van der Waals surface area (Å²) < 4.78 is 0. The first-order valence-corrected chi connectivity index (χ1v) is 4.97. The van der Waals surface area contributed by atoms with Gasteiger partial charge in [-0.15, -0.1) is 0 Å². The van der Waals surface area contributed by atoms with Crippen molar-refractivity contribution >= 4 is 17.3 Å². The summed E-state index contributed by atoms with van der Waals surface area (Å²) in [5, 5.41) is 16.5. The molecule has 1 aromatic rings. The average molecular weight is 225 g/mol.